The normalized spacial score (nSPS) is 16.4. The van der Waals surface area contributed by atoms with Gasteiger partial charge in [0.05, 0.1) is 28.8 Å². The number of ether oxygens (including phenoxy) is 1. The first kappa shape index (κ1) is 11.4. The number of carbonyl (C=O) groups excluding carboxylic acids is 1. The van der Waals surface area contributed by atoms with Gasteiger partial charge < -0.3 is 15.4 Å². The van der Waals surface area contributed by atoms with E-state index in [1.807, 2.05) is 13.0 Å². The van der Waals surface area contributed by atoms with E-state index in [1.165, 1.54) is 11.3 Å². The molecule has 1 aromatic rings. The molecule has 0 saturated carbocycles. The largest absolute Gasteiger partial charge is 0.397 e. The highest BCUT2D eigenvalue weighted by atomic mass is 32.1. The third kappa shape index (κ3) is 2.20. The van der Waals surface area contributed by atoms with E-state index in [9.17, 15) is 4.79 Å². The Morgan fingerprint density at radius 3 is 2.88 bits per heavy atom. The van der Waals surface area contributed by atoms with Gasteiger partial charge in [-0.3, -0.25) is 4.79 Å². The summed E-state index contributed by atoms with van der Waals surface area (Å²) in [7, 11) is 0. The molecule has 0 radical (unpaired) electrons. The third-order valence-electron chi connectivity index (χ3n) is 2.64. The number of thiophene rings is 1. The van der Waals surface area contributed by atoms with E-state index in [0.717, 1.165) is 31.3 Å². The summed E-state index contributed by atoms with van der Waals surface area (Å²) in [6, 6.07) is 1.90. The van der Waals surface area contributed by atoms with Gasteiger partial charge >= 0.3 is 0 Å². The molecule has 2 rings (SSSR count). The molecule has 1 aliphatic rings. The molecule has 0 spiro atoms. The number of Topliss-reactive ketones (excluding diaryl/α,β-unsaturated/α-hetero) is 1. The van der Waals surface area contributed by atoms with Crippen molar-refractivity contribution in [3.63, 3.8) is 0 Å². The van der Waals surface area contributed by atoms with Crippen LogP contribution in [0.15, 0.2) is 6.07 Å². The van der Waals surface area contributed by atoms with Gasteiger partial charge in [0.1, 0.15) is 0 Å². The highest BCUT2D eigenvalue weighted by Crippen LogP contribution is 2.33. The molecular formula is C11H16N2O2S. The van der Waals surface area contributed by atoms with Crippen molar-refractivity contribution in [2.45, 2.75) is 13.3 Å². The van der Waals surface area contributed by atoms with E-state index in [0.29, 0.717) is 17.0 Å². The molecule has 0 atom stereocenters. The SMILES string of the molecule is CCC(=O)c1sc(N2CCOCC2)cc1N. The number of morpholine rings is 1. The smallest absolute Gasteiger partial charge is 0.174 e. The Balaban J connectivity index is 2.19. The zero-order valence-corrected chi connectivity index (χ0v) is 10.2. The summed E-state index contributed by atoms with van der Waals surface area (Å²) >= 11 is 1.49. The van der Waals surface area contributed by atoms with Crippen LogP contribution in [-0.2, 0) is 4.74 Å². The first-order valence-electron chi connectivity index (χ1n) is 5.47. The predicted molar refractivity (Wildman–Crippen MR) is 66.4 cm³/mol. The Morgan fingerprint density at radius 1 is 1.56 bits per heavy atom. The minimum atomic E-state index is 0.127. The average Bonchev–Trinajstić information content (AvgIpc) is 2.71. The minimum absolute atomic E-state index is 0.127. The van der Waals surface area contributed by atoms with Crippen molar-refractivity contribution in [1.82, 2.24) is 0 Å². The van der Waals surface area contributed by atoms with Crippen LogP contribution in [0.5, 0.6) is 0 Å². The number of rotatable bonds is 3. The van der Waals surface area contributed by atoms with Crippen LogP contribution in [0, 0.1) is 0 Å². The summed E-state index contributed by atoms with van der Waals surface area (Å²) in [4.78, 5) is 14.5. The molecular weight excluding hydrogens is 224 g/mol. The van der Waals surface area contributed by atoms with Crippen molar-refractivity contribution in [3.8, 4) is 0 Å². The Labute approximate surface area is 99.0 Å². The molecule has 1 aromatic heterocycles. The monoisotopic (exact) mass is 240 g/mol. The van der Waals surface area contributed by atoms with Gasteiger partial charge in [-0.05, 0) is 6.07 Å². The second-order valence-corrected chi connectivity index (χ2v) is 4.78. The molecule has 2 N–H and O–H groups in total. The highest BCUT2D eigenvalue weighted by molar-refractivity contribution is 7.18. The number of anilines is 2. The van der Waals surface area contributed by atoms with Crippen LogP contribution in [0.1, 0.15) is 23.0 Å². The molecule has 0 aromatic carbocycles. The molecule has 2 heterocycles. The predicted octanol–water partition coefficient (Wildman–Crippen LogP) is 1.76. The van der Waals surface area contributed by atoms with Gasteiger partial charge in [0.2, 0.25) is 0 Å². The zero-order chi connectivity index (χ0) is 11.5. The van der Waals surface area contributed by atoms with Gasteiger partial charge in [-0.1, -0.05) is 6.92 Å². The lowest BCUT2D eigenvalue weighted by molar-refractivity contribution is 0.0993. The van der Waals surface area contributed by atoms with Crippen molar-refractivity contribution >= 4 is 27.8 Å². The molecule has 0 unspecified atom stereocenters. The topological polar surface area (TPSA) is 55.6 Å². The lowest BCUT2D eigenvalue weighted by atomic mass is 10.2. The summed E-state index contributed by atoms with van der Waals surface area (Å²) in [5.74, 6) is 0.127. The van der Waals surface area contributed by atoms with Crippen LogP contribution >= 0.6 is 11.3 Å². The number of ketones is 1. The van der Waals surface area contributed by atoms with Crippen molar-refractivity contribution in [2.24, 2.45) is 0 Å². The molecule has 0 bridgehead atoms. The van der Waals surface area contributed by atoms with E-state index in [-0.39, 0.29) is 5.78 Å². The summed E-state index contributed by atoms with van der Waals surface area (Å²) in [5.41, 5.74) is 6.47. The van der Waals surface area contributed by atoms with E-state index < -0.39 is 0 Å². The molecule has 1 aliphatic heterocycles. The lowest BCUT2D eigenvalue weighted by Gasteiger charge is -2.27. The fraction of sp³-hybridized carbons (Fsp3) is 0.545. The second kappa shape index (κ2) is 4.84. The summed E-state index contributed by atoms with van der Waals surface area (Å²) in [6.45, 7) is 5.10. The van der Waals surface area contributed by atoms with Crippen LogP contribution in [-0.4, -0.2) is 32.1 Å². The molecule has 1 fully saturated rings. The number of nitrogen functional groups attached to an aromatic ring is 1. The van der Waals surface area contributed by atoms with Gasteiger partial charge in [0.25, 0.3) is 0 Å². The molecule has 4 nitrogen and oxygen atoms in total. The Bertz CT molecular complexity index is 383. The van der Waals surface area contributed by atoms with Crippen molar-refractivity contribution in [3.05, 3.63) is 10.9 Å². The van der Waals surface area contributed by atoms with Gasteiger partial charge in [0, 0.05) is 19.5 Å². The van der Waals surface area contributed by atoms with Crippen LogP contribution < -0.4 is 10.6 Å². The maximum absolute atomic E-state index is 11.6. The average molecular weight is 240 g/mol. The molecule has 16 heavy (non-hydrogen) atoms. The van der Waals surface area contributed by atoms with E-state index >= 15 is 0 Å². The van der Waals surface area contributed by atoms with Crippen molar-refractivity contribution in [1.29, 1.82) is 0 Å². The fourth-order valence-electron chi connectivity index (χ4n) is 1.71. The van der Waals surface area contributed by atoms with Crippen LogP contribution in [0.25, 0.3) is 0 Å². The molecule has 0 aliphatic carbocycles. The quantitative estimate of drug-likeness (QED) is 0.818. The standard InChI is InChI=1S/C11H16N2O2S/c1-2-9(14)11-8(12)7-10(16-11)13-3-5-15-6-4-13/h7H,2-6,12H2,1H3. The number of hydrogen-bond acceptors (Lipinski definition) is 5. The fourth-order valence-corrected chi connectivity index (χ4v) is 2.85. The third-order valence-corrected chi connectivity index (χ3v) is 3.90. The molecule has 1 saturated heterocycles. The zero-order valence-electron chi connectivity index (χ0n) is 9.36. The maximum Gasteiger partial charge on any atom is 0.174 e. The van der Waals surface area contributed by atoms with Gasteiger partial charge in [-0.2, -0.15) is 0 Å². The first-order valence-corrected chi connectivity index (χ1v) is 6.29. The molecule has 0 amide bonds. The van der Waals surface area contributed by atoms with Gasteiger partial charge in [0.15, 0.2) is 5.78 Å². The number of carbonyl (C=O) groups is 1. The van der Waals surface area contributed by atoms with Gasteiger partial charge in [-0.15, -0.1) is 11.3 Å². The summed E-state index contributed by atoms with van der Waals surface area (Å²) in [5, 5.41) is 1.08. The summed E-state index contributed by atoms with van der Waals surface area (Å²) in [6.07, 6.45) is 0.507. The van der Waals surface area contributed by atoms with E-state index in [1.54, 1.807) is 0 Å². The Hall–Kier alpha value is -1.07. The van der Waals surface area contributed by atoms with Crippen molar-refractivity contribution < 1.29 is 9.53 Å². The van der Waals surface area contributed by atoms with Gasteiger partial charge in [-0.25, -0.2) is 0 Å². The van der Waals surface area contributed by atoms with Crippen LogP contribution in [0.2, 0.25) is 0 Å². The minimum Gasteiger partial charge on any atom is -0.397 e. The Kier molecular flexibility index (Phi) is 3.46. The Morgan fingerprint density at radius 2 is 2.25 bits per heavy atom. The highest BCUT2D eigenvalue weighted by Gasteiger charge is 2.18. The second-order valence-electron chi connectivity index (χ2n) is 3.75. The van der Waals surface area contributed by atoms with Crippen LogP contribution in [0.4, 0.5) is 10.7 Å². The number of nitrogens with two attached hydrogens (primary N) is 1. The van der Waals surface area contributed by atoms with Crippen LogP contribution in [0.3, 0.4) is 0 Å². The molecule has 88 valence electrons. The lowest BCUT2D eigenvalue weighted by Crippen LogP contribution is -2.35. The number of nitrogens with zero attached hydrogens (tertiary/aromatic N) is 1. The maximum atomic E-state index is 11.6. The van der Waals surface area contributed by atoms with E-state index in [2.05, 4.69) is 4.90 Å². The first-order chi connectivity index (χ1) is 7.72. The van der Waals surface area contributed by atoms with Crippen molar-refractivity contribution in [2.75, 3.05) is 36.9 Å². The number of hydrogen-bond donors (Lipinski definition) is 1. The molecule has 5 heteroatoms. The summed E-state index contributed by atoms with van der Waals surface area (Å²) < 4.78 is 5.29. The van der Waals surface area contributed by atoms with E-state index in [4.69, 9.17) is 10.5 Å².